The largest absolute Gasteiger partial charge is 0.507 e. The molecule has 27 heavy (non-hydrogen) atoms. The van der Waals surface area contributed by atoms with Crippen LogP contribution in [0.1, 0.15) is 34.5 Å². The predicted octanol–water partition coefficient (Wildman–Crippen LogP) is 5.73. The van der Waals surface area contributed by atoms with E-state index >= 15 is 0 Å². The molecule has 0 saturated carbocycles. The molecule has 4 rings (SSSR count). The molecule has 4 nitrogen and oxygen atoms in total. The highest BCUT2D eigenvalue weighted by molar-refractivity contribution is 6.42. The summed E-state index contributed by atoms with van der Waals surface area (Å²) in [5.74, 6) is -1.41. The van der Waals surface area contributed by atoms with Gasteiger partial charge in [0.05, 0.1) is 15.7 Å². The maximum atomic E-state index is 11.5. The summed E-state index contributed by atoms with van der Waals surface area (Å²) in [7, 11) is 0. The number of nitrogens with zero attached hydrogens (tertiary/aromatic N) is 1. The summed E-state index contributed by atoms with van der Waals surface area (Å²) in [6.45, 7) is 0. The number of aryl methyl sites for hydroxylation is 1. The number of carboxylic acid groups (broad SMARTS) is 1. The Bertz CT molecular complexity index is 1060. The zero-order valence-electron chi connectivity index (χ0n) is 14.4. The fourth-order valence-electron chi connectivity index (χ4n) is 3.70. The van der Waals surface area contributed by atoms with E-state index < -0.39 is 5.97 Å². The number of aromatic nitrogens is 1. The van der Waals surface area contributed by atoms with Gasteiger partial charge in [-0.2, -0.15) is 0 Å². The molecule has 3 aromatic rings. The van der Waals surface area contributed by atoms with Gasteiger partial charge in [0.25, 0.3) is 0 Å². The van der Waals surface area contributed by atoms with E-state index in [4.69, 9.17) is 23.2 Å². The van der Waals surface area contributed by atoms with Crippen LogP contribution in [-0.4, -0.2) is 20.7 Å². The maximum Gasteiger partial charge on any atom is 0.339 e. The molecular formula is C21H17Cl2NO3. The number of aromatic carboxylic acids is 1. The molecule has 0 unspecified atom stereocenters. The van der Waals surface area contributed by atoms with Crippen molar-refractivity contribution in [1.82, 2.24) is 4.57 Å². The molecule has 0 amide bonds. The Balaban J connectivity index is 1.96. The fraction of sp³-hybridized carbons (Fsp3) is 0.190. The molecule has 0 atom stereocenters. The third-order valence-electron chi connectivity index (χ3n) is 4.99. The van der Waals surface area contributed by atoms with Crippen molar-refractivity contribution in [3.05, 3.63) is 69.3 Å². The first-order chi connectivity index (χ1) is 13.0. The molecule has 1 aliphatic rings. The minimum absolute atomic E-state index is 0.120. The quantitative estimate of drug-likeness (QED) is 0.588. The highest BCUT2D eigenvalue weighted by atomic mass is 35.5. The van der Waals surface area contributed by atoms with E-state index in [2.05, 4.69) is 10.6 Å². The van der Waals surface area contributed by atoms with Crippen LogP contribution >= 0.6 is 23.2 Å². The van der Waals surface area contributed by atoms with Crippen molar-refractivity contribution in [1.29, 1.82) is 0 Å². The zero-order valence-corrected chi connectivity index (χ0v) is 15.9. The van der Waals surface area contributed by atoms with Gasteiger partial charge in [0.1, 0.15) is 11.3 Å². The Morgan fingerprint density at radius 1 is 0.963 bits per heavy atom. The van der Waals surface area contributed by atoms with Gasteiger partial charge >= 0.3 is 5.97 Å². The average Bonchev–Trinajstić information content (AvgIpc) is 3.04. The van der Waals surface area contributed by atoms with Crippen LogP contribution in [0.5, 0.6) is 5.75 Å². The SMILES string of the molecule is O=C(O)c1cc(-n2c(-c3ccc(Cl)c(Cl)c3)cc3c2CCCC3)ccc1O. The third-order valence-corrected chi connectivity index (χ3v) is 5.73. The van der Waals surface area contributed by atoms with Crippen LogP contribution in [0.4, 0.5) is 0 Å². The molecule has 1 heterocycles. The molecule has 0 fully saturated rings. The summed E-state index contributed by atoms with van der Waals surface area (Å²) in [5, 5.41) is 20.2. The molecule has 0 spiro atoms. The maximum absolute atomic E-state index is 11.5. The lowest BCUT2D eigenvalue weighted by molar-refractivity contribution is 0.0693. The van der Waals surface area contributed by atoms with E-state index in [1.807, 2.05) is 12.1 Å². The Kier molecular flexibility index (Phi) is 4.62. The first kappa shape index (κ1) is 18.0. The lowest BCUT2D eigenvalue weighted by Crippen LogP contribution is -2.09. The van der Waals surface area contributed by atoms with Gasteiger partial charge in [-0.3, -0.25) is 0 Å². The second-order valence-electron chi connectivity index (χ2n) is 6.68. The van der Waals surface area contributed by atoms with Crippen molar-refractivity contribution in [2.24, 2.45) is 0 Å². The van der Waals surface area contributed by atoms with Crippen molar-refractivity contribution in [3.63, 3.8) is 0 Å². The molecule has 0 bridgehead atoms. The van der Waals surface area contributed by atoms with Gasteiger partial charge in [0, 0.05) is 16.9 Å². The van der Waals surface area contributed by atoms with E-state index in [0.717, 1.165) is 36.9 Å². The Morgan fingerprint density at radius 3 is 2.48 bits per heavy atom. The third kappa shape index (κ3) is 3.20. The Hall–Kier alpha value is -2.43. The fourth-order valence-corrected chi connectivity index (χ4v) is 3.99. The minimum atomic E-state index is -1.16. The molecule has 2 aromatic carbocycles. The highest BCUT2D eigenvalue weighted by Crippen LogP contribution is 2.37. The van der Waals surface area contributed by atoms with Gasteiger partial charge in [-0.25, -0.2) is 4.79 Å². The van der Waals surface area contributed by atoms with Crippen LogP contribution in [0, 0.1) is 0 Å². The van der Waals surface area contributed by atoms with E-state index in [1.165, 1.54) is 23.4 Å². The second kappa shape index (κ2) is 6.95. The summed E-state index contributed by atoms with van der Waals surface area (Å²) in [4.78, 5) is 11.5. The highest BCUT2D eigenvalue weighted by Gasteiger charge is 2.22. The number of carbonyl (C=O) groups is 1. The summed E-state index contributed by atoms with van der Waals surface area (Å²) in [6.07, 6.45) is 4.12. The number of halogens is 2. The normalized spacial score (nSPS) is 13.4. The molecule has 1 aromatic heterocycles. The lowest BCUT2D eigenvalue weighted by Gasteiger charge is -2.18. The van der Waals surface area contributed by atoms with Crippen molar-refractivity contribution in [3.8, 4) is 22.7 Å². The molecule has 2 N–H and O–H groups in total. The summed E-state index contributed by atoms with van der Waals surface area (Å²) in [6, 6.07) is 12.3. The topological polar surface area (TPSA) is 62.5 Å². The summed E-state index contributed by atoms with van der Waals surface area (Å²) >= 11 is 12.3. The van der Waals surface area contributed by atoms with Gasteiger partial charge in [-0.15, -0.1) is 0 Å². The van der Waals surface area contributed by atoms with Crippen molar-refractivity contribution >= 4 is 29.2 Å². The van der Waals surface area contributed by atoms with Crippen LogP contribution in [0.15, 0.2) is 42.5 Å². The predicted molar refractivity (Wildman–Crippen MR) is 106 cm³/mol. The van der Waals surface area contributed by atoms with E-state index in [0.29, 0.717) is 15.7 Å². The van der Waals surface area contributed by atoms with Gasteiger partial charge in [0.2, 0.25) is 0 Å². The molecule has 6 heteroatoms. The second-order valence-corrected chi connectivity index (χ2v) is 7.49. The number of hydrogen-bond acceptors (Lipinski definition) is 2. The van der Waals surface area contributed by atoms with E-state index in [9.17, 15) is 15.0 Å². The van der Waals surface area contributed by atoms with E-state index in [-0.39, 0.29) is 11.3 Å². The number of carboxylic acids is 1. The molecule has 0 aliphatic heterocycles. The van der Waals surface area contributed by atoms with Gasteiger partial charge in [-0.05, 0) is 67.6 Å². The van der Waals surface area contributed by atoms with Crippen molar-refractivity contribution in [2.75, 3.05) is 0 Å². The van der Waals surface area contributed by atoms with Gasteiger partial charge < -0.3 is 14.8 Å². The zero-order chi connectivity index (χ0) is 19.1. The molecule has 0 radical (unpaired) electrons. The number of hydrogen-bond donors (Lipinski definition) is 2. The molecule has 138 valence electrons. The monoisotopic (exact) mass is 401 g/mol. The number of phenols is 1. The Morgan fingerprint density at radius 2 is 1.74 bits per heavy atom. The van der Waals surface area contributed by atoms with Crippen LogP contribution in [-0.2, 0) is 12.8 Å². The van der Waals surface area contributed by atoms with Crippen LogP contribution in [0.2, 0.25) is 10.0 Å². The van der Waals surface area contributed by atoms with Crippen LogP contribution in [0.3, 0.4) is 0 Å². The number of fused-ring (bicyclic) bond motifs is 1. The Labute approximate surface area is 166 Å². The van der Waals surface area contributed by atoms with Crippen molar-refractivity contribution in [2.45, 2.75) is 25.7 Å². The van der Waals surface area contributed by atoms with Crippen LogP contribution < -0.4 is 0 Å². The smallest absolute Gasteiger partial charge is 0.339 e. The van der Waals surface area contributed by atoms with Crippen LogP contribution in [0.25, 0.3) is 16.9 Å². The molecule has 1 aliphatic carbocycles. The summed E-state index contributed by atoms with van der Waals surface area (Å²) in [5.41, 5.74) is 4.85. The summed E-state index contributed by atoms with van der Waals surface area (Å²) < 4.78 is 2.07. The molecule has 0 saturated heterocycles. The van der Waals surface area contributed by atoms with Crippen molar-refractivity contribution < 1.29 is 15.0 Å². The minimum Gasteiger partial charge on any atom is -0.507 e. The number of rotatable bonds is 3. The standard InChI is InChI=1S/C21H17Cl2NO3/c22-16-7-5-13(9-17(16)23)19-10-12-3-1-2-4-18(12)24(19)14-6-8-20(25)15(11-14)21(26)27/h5-11,25H,1-4H2,(H,26,27). The molecular weight excluding hydrogens is 385 g/mol. The van der Waals surface area contributed by atoms with Gasteiger partial charge in [-0.1, -0.05) is 29.3 Å². The lowest BCUT2D eigenvalue weighted by atomic mass is 9.98. The first-order valence-electron chi connectivity index (χ1n) is 8.71. The number of benzene rings is 2. The first-order valence-corrected chi connectivity index (χ1v) is 9.47. The number of aromatic hydroxyl groups is 1. The average molecular weight is 402 g/mol. The van der Waals surface area contributed by atoms with Gasteiger partial charge in [0.15, 0.2) is 0 Å². The van der Waals surface area contributed by atoms with E-state index in [1.54, 1.807) is 12.1 Å².